The van der Waals surface area contributed by atoms with Crippen molar-refractivity contribution in [2.45, 2.75) is 32.2 Å². The number of fused-ring (bicyclic) bond motifs is 1. The van der Waals surface area contributed by atoms with E-state index < -0.39 is 0 Å². The molecule has 2 unspecified atom stereocenters. The van der Waals surface area contributed by atoms with Crippen LogP contribution in [0.5, 0.6) is 0 Å². The number of ether oxygens (including phenoxy) is 1. The Balaban J connectivity index is 1.82. The molecule has 3 rings (SSSR count). The van der Waals surface area contributed by atoms with Gasteiger partial charge in [0.2, 0.25) is 0 Å². The Labute approximate surface area is 126 Å². The summed E-state index contributed by atoms with van der Waals surface area (Å²) in [5.41, 5.74) is 2.48. The highest BCUT2D eigenvalue weighted by atomic mass is 16.5. The number of nitrogens with zero attached hydrogens (tertiary/aromatic N) is 1. The largest absolute Gasteiger partial charge is 0.381 e. The number of hydrogen-bond acceptors (Lipinski definition) is 3. The molecule has 2 heterocycles. The predicted octanol–water partition coefficient (Wildman–Crippen LogP) is 3.18. The molecular weight excluding hydrogens is 260 g/mol. The minimum Gasteiger partial charge on any atom is -0.381 e. The number of pyridine rings is 1. The van der Waals surface area contributed by atoms with E-state index in [2.05, 4.69) is 47.6 Å². The summed E-state index contributed by atoms with van der Waals surface area (Å²) >= 11 is 0. The number of rotatable bonds is 6. The average molecular weight is 284 g/mol. The zero-order valence-corrected chi connectivity index (χ0v) is 12.7. The third-order valence-corrected chi connectivity index (χ3v) is 4.37. The van der Waals surface area contributed by atoms with E-state index in [9.17, 15) is 0 Å². The SMILES string of the molecule is CCCNC(Cc1ccnc2ccccc12)C1CCOC1. The van der Waals surface area contributed by atoms with E-state index in [1.807, 2.05) is 6.20 Å². The van der Waals surface area contributed by atoms with Crippen LogP contribution < -0.4 is 5.32 Å². The average Bonchev–Trinajstić information content (AvgIpc) is 3.06. The van der Waals surface area contributed by atoms with Crippen molar-refractivity contribution < 1.29 is 4.74 Å². The Morgan fingerprint density at radius 1 is 1.33 bits per heavy atom. The lowest BCUT2D eigenvalue weighted by atomic mass is 9.91. The maximum absolute atomic E-state index is 5.59. The van der Waals surface area contributed by atoms with E-state index in [0.717, 1.165) is 31.7 Å². The maximum Gasteiger partial charge on any atom is 0.0704 e. The van der Waals surface area contributed by atoms with Crippen LogP contribution >= 0.6 is 0 Å². The first-order valence-corrected chi connectivity index (χ1v) is 8.02. The minimum atomic E-state index is 0.498. The molecule has 1 aromatic heterocycles. The van der Waals surface area contributed by atoms with Crippen LogP contribution in [-0.2, 0) is 11.2 Å². The fraction of sp³-hybridized carbons (Fsp3) is 0.500. The molecule has 3 nitrogen and oxygen atoms in total. The molecule has 0 aliphatic carbocycles. The first kappa shape index (κ1) is 14.5. The zero-order valence-electron chi connectivity index (χ0n) is 12.7. The summed E-state index contributed by atoms with van der Waals surface area (Å²) in [5.74, 6) is 0.628. The zero-order chi connectivity index (χ0) is 14.5. The van der Waals surface area contributed by atoms with Crippen LogP contribution in [0.25, 0.3) is 10.9 Å². The topological polar surface area (TPSA) is 34.2 Å². The summed E-state index contributed by atoms with van der Waals surface area (Å²) in [4.78, 5) is 4.46. The Morgan fingerprint density at radius 3 is 3.05 bits per heavy atom. The number of para-hydroxylation sites is 1. The van der Waals surface area contributed by atoms with Gasteiger partial charge in [-0.05, 0) is 43.5 Å². The van der Waals surface area contributed by atoms with Crippen LogP contribution in [0.3, 0.4) is 0 Å². The highest BCUT2D eigenvalue weighted by Gasteiger charge is 2.25. The van der Waals surface area contributed by atoms with Gasteiger partial charge in [0.1, 0.15) is 0 Å². The monoisotopic (exact) mass is 284 g/mol. The highest BCUT2D eigenvalue weighted by Crippen LogP contribution is 2.23. The second-order valence-corrected chi connectivity index (χ2v) is 5.88. The van der Waals surface area contributed by atoms with E-state index >= 15 is 0 Å². The summed E-state index contributed by atoms with van der Waals surface area (Å²) in [6, 6.07) is 11.1. The van der Waals surface area contributed by atoms with E-state index in [0.29, 0.717) is 12.0 Å². The molecule has 0 bridgehead atoms. The van der Waals surface area contributed by atoms with Crippen molar-refractivity contribution in [3.8, 4) is 0 Å². The number of hydrogen-bond donors (Lipinski definition) is 1. The molecule has 2 atom stereocenters. The van der Waals surface area contributed by atoms with Gasteiger partial charge in [-0.3, -0.25) is 4.98 Å². The van der Waals surface area contributed by atoms with Gasteiger partial charge in [-0.1, -0.05) is 25.1 Å². The highest BCUT2D eigenvalue weighted by molar-refractivity contribution is 5.81. The molecule has 1 N–H and O–H groups in total. The van der Waals surface area contributed by atoms with Gasteiger partial charge < -0.3 is 10.1 Å². The molecule has 3 heteroatoms. The summed E-state index contributed by atoms with van der Waals surface area (Å²) < 4.78 is 5.59. The lowest BCUT2D eigenvalue weighted by Crippen LogP contribution is -2.39. The smallest absolute Gasteiger partial charge is 0.0704 e. The van der Waals surface area contributed by atoms with Crippen molar-refractivity contribution >= 4 is 10.9 Å². The van der Waals surface area contributed by atoms with E-state index in [-0.39, 0.29) is 0 Å². The first-order valence-electron chi connectivity index (χ1n) is 8.02. The molecule has 0 radical (unpaired) electrons. The minimum absolute atomic E-state index is 0.498. The van der Waals surface area contributed by atoms with Crippen LogP contribution in [0.15, 0.2) is 36.5 Å². The van der Waals surface area contributed by atoms with E-state index in [1.54, 1.807) is 0 Å². The fourth-order valence-corrected chi connectivity index (χ4v) is 3.18. The third kappa shape index (κ3) is 3.42. The molecule has 1 saturated heterocycles. The van der Waals surface area contributed by atoms with Gasteiger partial charge in [0.25, 0.3) is 0 Å². The predicted molar refractivity (Wildman–Crippen MR) is 86.5 cm³/mol. The molecule has 1 aromatic carbocycles. The van der Waals surface area contributed by atoms with Gasteiger partial charge in [-0.15, -0.1) is 0 Å². The molecule has 112 valence electrons. The second-order valence-electron chi connectivity index (χ2n) is 5.88. The summed E-state index contributed by atoms with van der Waals surface area (Å²) in [6.45, 7) is 5.09. The lowest BCUT2D eigenvalue weighted by molar-refractivity contribution is 0.176. The van der Waals surface area contributed by atoms with Crippen molar-refractivity contribution in [3.05, 3.63) is 42.1 Å². The summed E-state index contributed by atoms with van der Waals surface area (Å²) in [5, 5.41) is 5.00. The number of nitrogens with one attached hydrogen (secondary N) is 1. The van der Waals surface area contributed by atoms with Crippen molar-refractivity contribution in [2.75, 3.05) is 19.8 Å². The fourth-order valence-electron chi connectivity index (χ4n) is 3.18. The normalized spacial score (nSPS) is 20.0. The van der Waals surface area contributed by atoms with Gasteiger partial charge >= 0.3 is 0 Å². The van der Waals surface area contributed by atoms with Crippen LogP contribution in [0, 0.1) is 5.92 Å². The third-order valence-electron chi connectivity index (χ3n) is 4.37. The van der Waals surface area contributed by atoms with E-state index in [4.69, 9.17) is 4.74 Å². The molecule has 21 heavy (non-hydrogen) atoms. The maximum atomic E-state index is 5.59. The summed E-state index contributed by atoms with van der Waals surface area (Å²) in [6.07, 6.45) is 5.32. The molecule has 1 fully saturated rings. The molecule has 1 aliphatic rings. The van der Waals surface area contributed by atoms with Crippen LogP contribution in [0.2, 0.25) is 0 Å². The van der Waals surface area contributed by atoms with Gasteiger partial charge in [-0.25, -0.2) is 0 Å². The number of benzene rings is 1. The van der Waals surface area contributed by atoms with Crippen molar-refractivity contribution in [1.82, 2.24) is 10.3 Å². The number of aromatic nitrogens is 1. The summed E-state index contributed by atoms with van der Waals surface area (Å²) in [7, 11) is 0. The van der Waals surface area contributed by atoms with Crippen molar-refractivity contribution in [2.24, 2.45) is 5.92 Å². The Morgan fingerprint density at radius 2 is 2.24 bits per heavy atom. The van der Waals surface area contributed by atoms with Crippen LogP contribution in [0.1, 0.15) is 25.3 Å². The molecule has 0 amide bonds. The van der Waals surface area contributed by atoms with Gasteiger partial charge in [0.05, 0.1) is 12.1 Å². The second kappa shape index (κ2) is 7.01. The molecule has 0 spiro atoms. The standard InChI is InChI=1S/C18H24N2O/c1-2-9-19-18(15-8-11-21-13-15)12-14-7-10-20-17-6-4-3-5-16(14)17/h3-7,10,15,18-19H,2,8-9,11-13H2,1H3. The van der Waals surface area contributed by atoms with Gasteiger partial charge in [0.15, 0.2) is 0 Å². The molecular formula is C18H24N2O. The van der Waals surface area contributed by atoms with Gasteiger partial charge in [-0.2, -0.15) is 0 Å². The molecule has 1 aliphatic heterocycles. The van der Waals surface area contributed by atoms with Crippen LogP contribution in [0.4, 0.5) is 0 Å². The Kier molecular flexibility index (Phi) is 4.84. The first-order chi connectivity index (χ1) is 10.4. The van der Waals surface area contributed by atoms with E-state index in [1.165, 1.54) is 23.8 Å². The van der Waals surface area contributed by atoms with Crippen molar-refractivity contribution in [1.29, 1.82) is 0 Å². The molecule has 2 aromatic rings. The van der Waals surface area contributed by atoms with Gasteiger partial charge in [0, 0.05) is 30.1 Å². The van der Waals surface area contributed by atoms with Crippen LogP contribution in [-0.4, -0.2) is 30.8 Å². The molecule has 0 saturated carbocycles. The van der Waals surface area contributed by atoms with Crippen molar-refractivity contribution in [3.63, 3.8) is 0 Å². The Hall–Kier alpha value is -1.45. The lowest BCUT2D eigenvalue weighted by Gasteiger charge is -2.24. The quantitative estimate of drug-likeness (QED) is 0.884. The Bertz CT molecular complexity index is 573.